The van der Waals surface area contributed by atoms with Crippen LogP contribution in [0.25, 0.3) is 22.2 Å². The number of halogens is 1. The lowest BCUT2D eigenvalue weighted by Crippen LogP contribution is -2.42. The van der Waals surface area contributed by atoms with E-state index in [1.54, 1.807) is 17.8 Å². The van der Waals surface area contributed by atoms with Gasteiger partial charge in [0.2, 0.25) is 0 Å². The third-order valence-electron chi connectivity index (χ3n) is 5.44. The number of alkyl halides is 1. The first-order valence-electron chi connectivity index (χ1n) is 9.96. The lowest BCUT2D eigenvalue weighted by Gasteiger charge is -2.34. The fraction of sp³-hybridized carbons (Fsp3) is 0.227. The first-order valence-corrected chi connectivity index (χ1v) is 10.4. The van der Waals surface area contributed by atoms with Crippen molar-refractivity contribution in [2.45, 2.75) is 5.50 Å². The molecule has 8 nitrogen and oxygen atoms in total. The number of aromatic amines is 1. The maximum absolute atomic E-state index is 13.1. The van der Waals surface area contributed by atoms with Gasteiger partial charge in [-0.2, -0.15) is 5.10 Å². The number of hydrogen-bond acceptors (Lipinski definition) is 6. The third-order valence-corrected chi connectivity index (χ3v) is 5.81. The standard InChI is InChI=1S/C22H21ClN6O2/c1-28-19-10-14(15-11-24-25-12-15)6-7-17(19)27-21(22(28)30)26-16-4-2-3-5-18(16)29-8-9-31-13-20(29)23/h2-7,10-12,20H,8-9,13H2,1H3,(H,24,25)(H,26,27). The van der Waals surface area contributed by atoms with Crippen molar-refractivity contribution in [2.24, 2.45) is 7.05 Å². The monoisotopic (exact) mass is 436 g/mol. The predicted molar refractivity (Wildman–Crippen MR) is 122 cm³/mol. The quantitative estimate of drug-likeness (QED) is 0.376. The summed E-state index contributed by atoms with van der Waals surface area (Å²) in [4.78, 5) is 19.8. The molecule has 1 unspecified atom stereocenters. The topological polar surface area (TPSA) is 88.1 Å². The van der Waals surface area contributed by atoms with Gasteiger partial charge in [-0.3, -0.25) is 9.89 Å². The molecule has 1 saturated heterocycles. The average molecular weight is 437 g/mol. The van der Waals surface area contributed by atoms with Crippen molar-refractivity contribution in [2.75, 3.05) is 30.0 Å². The molecular weight excluding hydrogens is 416 g/mol. The number of H-pyrrole nitrogens is 1. The number of anilines is 3. The number of nitrogens with one attached hydrogen (secondary N) is 2. The van der Waals surface area contributed by atoms with E-state index >= 15 is 0 Å². The van der Waals surface area contributed by atoms with E-state index < -0.39 is 0 Å². The van der Waals surface area contributed by atoms with Crippen molar-refractivity contribution in [3.8, 4) is 11.1 Å². The minimum Gasteiger partial charge on any atom is -0.376 e. The summed E-state index contributed by atoms with van der Waals surface area (Å²) in [5.74, 6) is 0.262. The van der Waals surface area contributed by atoms with Gasteiger partial charge < -0.3 is 19.5 Å². The number of para-hydroxylation sites is 2. The molecule has 0 aliphatic carbocycles. The second-order valence-electron chi connectivity index (χ2n) is 7.36. The van der Waals surface area contributed by atoms with Gasteiger partial charge in [-0.1, -0.05) is 29.8 Å². The van der Waals surface area contributed by atoms with Gasteiger partial charge in [0.25, 0.3) is 5.56 Å². The molecule has 1 atom stereocenters. The highest BCUT2D eigenvalue weighted by molar-refractivity contribution is 6.22. The molecule has 0 radical (unpaired) electrons. The van der Waals surface area contributed by atoms with Gasteiger partial charge in [0, 0.05) is 25.4 Å². The van der Waals surface area contributed by atoms with Gasteiger partial charge >= 0.3 is 0 Å². The first-order chi connectivity index (χ1) is 15.1. The molecule has 4 aromatic rings. The molecule has 1 aliphatic rings. The van der Waals surface area contributed by atoms with Crippen molar-refractivity contribution in [3.63, 3.8) is 0 Å². The summed E-state index contributed by atoms with van der Waals surface area (Å²) in [6.45, 7) is 1.73. The Labute approximate surface area is 183 Å². The lowest BCUT2D eigenvalue weighted by atomic mass is 10.1. The second kappa shape index (κ2) is 8.05. The first kappa shape index (κ1) is 19.6. The summed E-state index contributed by atoms with van der Waals surface area (Å²) >= 11 is 6.47. The molecule has 0 saturated carbocycles. The van der Waals surface area contributed by atoms with Crippen LogP contribution in [0.3, 0.4) is 0 Å². The van der Waals surface area contributed by atoms with E-state index in [9.17, 15) is 4.79 Å². The Morgan fingerprint density at radius 3 is 2.90 bits per heavy atom. The number of ether oxygens (including phenoxy) is 1. The van der Waals surface area contributed by atoms with Crippen molar-refractivity contribution < 1.29 is 4.74 Å². The smallest absolute Gasteiger partial charge is 0.293 e. The molecule has 0 bridgehead atoms. The van der Waals surface area contributed by atoms with Gasteiger partial charge in [-0.25, -0.2) is 4.98 Å². The molecule has 158 valence electrons. The Kier molecular flexibility index (Phi) is 5.09. The maximum Gasteiger partial charge on any atom is 0.293 e. The normalized spacial score (nSPS) is 16.6. The Balaban J connectivity index is 1.54. The van der Waals surface area contributed by atoms with Crippen molar-refractivity contribution >= 4 is 39.8 Å². The van der Waals surface area contributed by atoms with Crippen molar-refractivity contribution in [1.29, 1.82) is 0 Å². The number of aromatic nitrogens is 4. The van der Waals surface area contributed by atoms with E-state index in [0.29, 0.717) is 19.8 Å². The summed E-state index contributed by atoms with van der Waals surface area (Å²) in [6.07, 6.45) is 3.56. The van der Waals surface area contributed by atoms with Crippen molar-refractivity contribution in [1.82, 2.24) is 19.7 Å². The van der Waals surface area contributed by atoms with E-state index in [4.69, 9.17) is 16.3 Å². The van der Waals surface area contributed by atoms with E-state index in [-0.39, 0.29) is 16.9 Å². The summed E-state index contributed by atoms with van der Waals surface area (Å²) in [7, 11) is 1.75. The average Bonchev–Trinajstić information content (AvgIpc) is 3.33. The third kappa shape index (κ3) is 3.64. The Morgan fingerprint density at radius 1 is 1.23 bits per heavy atom. The van der Waals surface area contributed by atoms with Crippen LogP contribution < -0.4 is 15.8 Å². The molecule has 1 aliphatic heterocycles. The van der Waals surface area contributed by atoms with Crippen LogP contribution in [0.4, 0.5) is 17.2 Å². The van der Waals surface area contributed by atoms with E-state index in [2.05, 4.69) is 25.4 Å². The largest absolute Gasteiger partial charge is 0.376 e. The number of nitrogens with zero attached hydrogens (tertiary/aromatic N) is 4. The number of aryl methyl sites for hydroxylation is 1. The van der Waals surface area contributed by atoms with Crippen molar-refractivity contribution in [3.05, 3.63) is 65.2 Å². The Bertz CT molecular complexity index is 1290. The summed E-state index contributed by atoms with van der Waals surface area (Å²) in [6, 6.07) is 13.6. The predicted octanol–water partition coefficient (Wildman–Crippen LogP) is 3.47. The number of morpholine rings is 1. The van der Waals surface area contributed by atoms with Crippen LogP contribution in [0.1, 0.15) is 0 Å². The van der Waals surface area contributed by atoms with Crippen LogP contribution in [0.2, 0.25) is 0 Å². The molecule has 3 heterocycles. The second-order valence-corrected chi connectivity index (χ2v) is 7.86. The van der Waals surface area contributed by atoms with Crippen LogP contribution in [0.15, 0.2) is 59.7 Å². The maximum atomic E-state index is 13.1. The Hall–Kier alpha value is -3.36. The lowest BCUT2D eigenvalue weighted by molar-refractivity contribution is 0.113. The molecule has 9 heteroatoms. The van der Waals surface area contributed by atoms with Gasteiger partial charge in [-0.15, -0.1) is 0 Å². The summed E-state index contributed by atoms with van der Waals surface area (Å²) in [5, 5.41) is 10.0. The minimum absolute atomic E-state index is 0.212. The van der Waals surface area contributed by atoms with Gasteiger partial charge in [0.15, 0.2) is 5.82 Å². The van der Waals surface area contributed by atoms with E-state index in [0.717, 1.165) is 33.5 Å². The summed E-state index contributed by atoms with van der Waals surface area (Å²) < 4.78 is 7.05. The molecule has 31 heavy (non-hydrogen) atoms. The highest BCUT2D eigenvalue weighted by atomic mass is 35.5. The fourth-order valence-corrected chi connectivity index (χ4v) is 4.09. The van der Waals surface area contributed by atoms with Gasteiger partial charge in [0.05, 0.1) is 41.8 Å². The minimum atomic E-state index is -0.273. The SMILES string of the molecule is Cn1c(=O)c(Nc2ccccc2N2CCOCC2Cl)nc2ccc(-c3cn[nH]c3)cc21. The number of rotatable bonds is 4. The number of benzene rings is 2. The zero-order chi connectivity index (χ0) is 21.4. The van der Waals surface area contributed by atoms with Crippen LogP contribution in [-0.2, 0) is 11.8 Å². The molecule has 2 aromatic heterocycles. The van der Waals surface area contributed by atoms with E-state index in [1.165, 1.54) is 0 Å². The van der Waals surface area contributed by atoms with Crippen LogP contribution in [0, 0.1) is 0 Å². The molecule has 2 aromatic carbocycles. The molecular formula is C22H21ClN6O2. The summed E-state index contributed by atoms with van der Waals surface area (Å²) in [5.41, 5.74) is 4.57. The number of fused-ring (bicyclic) bond motifs is 1. The Morgan fingerprint density at radius 2 is 2.10 bits per heavy atom. The molecule has 2 N–H and O–H groups in total. The highest BCUT2D eigenvalue weighted by Crippen LogP contribution is 2.31. The van der Waals surface area contributed by atoms with Gasteiger partial charge in [0.1, 0.15) is 5.50 Å². The number of hydrogen-bond donors (Lipinski definition) is 2. The highest BCUT2D eigenvalue weighted by Gasteiger charge is 2.23. The van der Waals surface area contributed by atoms with E-state index in [1.807, 2.05) is 48.7 Å². The molecule has 0 amide bonds. The fourth-order valence-electron chi connectivity index (χ4n) is 3.80. The van der Waals surface area contributed by atoms with Crippen LogP contribution >= 0.6 is 11.6 Å². The van der Waals surface area contributed by atoms with Crippen LogP contribution in [-0.4, -0.2) is 45.0 Å². The van der Waals surface area contributed by atoms with Gasteiger partial charge in [-0.05, 0) is 29.8 Å². The molecule has 1 fully saturated rings. The molecule has 0 spiro atoms. The van der Waals surface area contributed by atoms with Crippen LogP contribution in [0.5, 0.6) is 0 Å². The zero-order valence-electron chi connectivity index (χ0n) is 16.9. The molecule has 5 rings (SSSR count). The zero-order valence-corrected chi connectivity index (χ0v) is 17.6.